The largest absolute Gasteiger partial charge is 0.370 e. The molecule has 1 unspecified atom stereocenters. The lowest BCUT2D eigenvalue weighted by Gasteiger charge is -2.21. The summed E-state index contributed by atoms with van der Waals surface area (Å²) in [5, 5.41) is 5.46. The van der Waals surface area contributed by atoms with Crippen LogP contribution in [0.1, 0.15) is 13.3 Å². The smallest absolute Gasteiger partial charge is 0.235 e. The number of nitrogens with one attached hydrogen (secondary N) is 2. The van der Waals surface area contributed by atoms with Gasteiger partial charge in [0, 0.05) is 0 Å². The number of hydrogen-bond acceptors (Lipinski definition) is 3. The second-order valence-corrected chi connectivity index (χ2v) is 2.88. The Bertz CT molecular complexity index is 204. The first kappa shape index (κ1) is 8.00. The highest BCUT2D eigenvalue weighted by atomic mass is 16.2. The minimum atomic E-state index is -0.636. The summed E-state index contributed by atoms with van der Waals surface area (Å²) >= 11 is 0. The zero-order valence-corrected chi connectivity index (χ0v) is 6.31. The van der Waals surface area contributed by atoms with Crippen molar-refractivity contribution in [2.45, 2.75) is 19.0 Å². The van der Waals surface area contributed by atoms with Gasteiger partial charge in [-0.15, -0.1) is 0 Å². The van der Waals surface area contributed by atoms with E-state index in [4.69, 9.17) is 5.73 Å². The first-order valence-corrected chi connectivity index (χ1v) is 3.36. The van der Waals surface area contributed by atoms with Crippen LogP contribution in [0.15, 0.2) is 0 Å². The molecule has 1 saturated heterocycles. The first-order valence-electron chi connectivity index (χ1n) is 3.36. The van der Waals surface area contributed by atoms with Crippen LogP contribution in [0, 0.1) is 0 Å². The average molecular weight is 157 g/mol. The van der Waals surface area contributed by atoms with Crippen molar-refractivity contribution in [1.82, 2.24) is 10.6 Å². The van der Waals surface area contributed by atoms with E-state index in [1.807, 2.05) is 0 Å². The maximum absolute atomic E-state index is 10.7. The summed E-state index contributed by atoms with van der Waals surface area (Å²) in [6.07, 6.45) is 0.124. The fraction of sp³-hybridized carbons (Fsp3) is 0.667. The van der Waals surface area contributed by atoms with Crippen molar-refractivity contribution in [1.29, 1.82) is 0 Å². The number of amides is 2. The van der Waals surface area contributed by atoms with Crippen LogP contribution in [0.4, 0.5) is 0 Å². The number of hydrogen-bond donors (Lipinski definition) is 3. The van der Waals surface area contributed by atoms with Crippen molar-refractivity contribution >= 4 is 11.8 Å². The summed E-state index contributed by atoms with van der Waals surface area (Å²) in [6, 6.07) is 0. The molecule has 1 aliphatic rings. The minimum Gasteiger partial charge on any atom is -0.370 e. The van der Waals surface area contributed by atoms with Crippen LogP contribution < -0.4 is 16.4 Å². The average Bonchev–Trinajstić information content (AvgIpc) is 2.08. The molecule has 4 N–H and O–H groups in total. The molecule has 62 valence electrons. The Kier molecular flexibility index (Phi) is 1.82. The predicted octanol–water partition coefficient (Wildman–Crippen LogP) is -1.70. The highest BCUT2D eigenvalue weighted by Gasteiger charge is 2.33. The number of nitrogens with two attached hydrogens (primary N) is 1. The van der Waals surface area contributed by atoms with Gasteiger partial charge in [-0.05, 0) is 6.92 Å². The third kappa shape index (κ3) is 1.91. The standard InChI is InChI=1S/C6H11N3O2/c1-6(2-4(7)10)8-3-5(11)9-6/h8H,2-3H2,1H3,(H2,7,10)(H,9,11). The summed E-state index contributed by atoms with van der Waals surface area (Å²) < 4.78 is 0. The van der Waals surface area contributed by atoms with E-state index in [1.54, 1.807) is 6.92 Å². The van der Waals surface area contributed by atoms with Gasteiger partial charge in [-0.25, -0.2) is 0 Å². The Hall–Kier alpha value is -1.10. The molecular weight excluding hydrogens is 146 g/mol. The molecule has 0 radical (unpaired) electrons. The summed E-state index contributed by atoms with van der Waals surface area (Å²) in [7, 11) is 0. The van der Waals surface area contributed by atoms with E-state index in [-0.39, 0.29) is 18.9 Å². The van der Waals surface area contributed by atoms with Crippen molar-refractivity contribution in [2.75, 3.05) is 6.54 Å². The maximum atomic E-state index is 10.7. The molecule has 11 heavy (non-hydrogen) atoms. The monoisotopic (exact) mass is 157 g/mol. The first-order chi connectivity index (χ1) is 5.02. The van der Waals surface area contributed by atoms with Crippen LogP contribution in [0.2, 0.25) is 0 Å². The van der Waals surface area contributed by atoms with Crippen LogP contribution in [0.5, 0.6) is 0 Å². The topological polar surface area (TPSA) is 84.2 Å². The van der Waals surface area contributed by atoms with E-state index in [0.29, 0.717) is 0 Å². The number of rotatable bonds is 2. The van der Waals surface area contributed by atoms with Crippen molar-refractivity contribution < 1.29 is 9.59 Å². The molecule has 0 aliphatic carbocycles. The van der Waals surface area contributed by atoms with Gasteiger partial charge in [-0.1, -0.05) is 0 Å². The lowest BCUT2D eigenvalue weighted by Crippen LogP contribution is -2.49. The van der Waals surface area contributed by atoms with Crippen molar-refractivity contribution in [3.63, 3.8) is 0 Å². The number of carbonyl (C=O) groups is 2. The quantitative estimate of drug-likeness (QED) is 0.446. The molecule has 1 aliphatic heterocycles. The van der Waals surface area contributed by atoms with Crippen LogP contribution in [-0.2, 0) is 9.59 Å². The van der Waals surface area contributed by atoms with Gasteiger partial charge in [0.2, 0.25) is 11.8 Å². The van der Waals surface area contributed by atoms with E-state index in [9.17, 15) is 9.59 Å². The van der Waals surface area contributed by atoms with E-state index in [1.165, 1.54) is 0 Å². The van der Waals surface area contributed by atoms with E-state index >= 15 is 0 Å². The zero-order chi connectivity index (χ0) is 8.48. The second-order valence-electron chi connectivity index (χ2n) is 2.88. The number of carbonyl (C=O) groups excluding carboxylic acids is 2. The van der Waals surface area contributed by atoms with Crippen molar-refractivity contribution in [3.8, 4) is 0 Å². The normalized spacial score (nSPS) is 30.1. The third-order valence-corrected chi connectivity index (χ3v) is 1.58. The van der Waals surface area contributed by atoms with Crippen molar-refractivity contribution in [2.24, 2.45) is 5.73 Å². The highest BCUT2D eigenvalue weighted by Crippen LogP contribution is 2.08. The van der Waals surface area contributed by atoms with Gasteiger partial charge in [-0.2, -0.15) is 0 Å². The predicted molar refractivity (Wildman–Crippen MR) is 38.4 cm³/mol. The highest BCUT2D eigenvalue weighted by molar-refractivity contribution is 5.83. The van der Waals surface area contributed by atoms with Crippen LogP contribution in [-0.4, -0.2) is 24.0 Å². The van der Waals surface area contributed by atoms with Crippen LogP contribution in [0.3, 0.4) is 0 Å². The van der Waals surface area contributed by atoms with Gasteiger partial charge < -0.3 is 11.1 Å². The SMILES string of the molecule is CC1(CC(N)=O)NCC(=O)N1. The fourth-order valence-corrected chi connectivity index (χ4v) is 1.13. The summed E-state index contributed by atoms with van der Waals surface area (Å²) in [5.41, 5.74) is 4.34. The Morgan fingerprint density at radius 2 is 2.45 bits per heavy atom. The molecule has 0 aromatic rings. The molecule has 1 atom stereocenters. The van der Waals surface area contributed by atoms with Crippen LogP contribution in [0.25, 0.3) is 0 Å². The molecule has 2 amide bonds. The number of primary amides is 1. The molecule has 0 spiro atoms. The molecule has 0 aromatic heterocycles. The van der Waals surface area contributed by atoms with Crippen LogP contribution >= 0.6 is 0 Å². The van der Waals surface area contributed by atoms with Gasteiger partial charge in [0.15, 0.2) is 0 Å². The molecule has 1 fully saturated rings. The molecule has 1 rings (SSSR count). The lowest BCUT2D eigenvalue weighted by molar-refractivity contribution is -0.120. The second kappa shape index (κ2) is 2.50. The maximum Gasteiger partial charge on any atom is 0.235 e. The molecule has 5 heteroatoms. The van der Waals surface area contributed by atoms with Gasteiger partial charge in [0.05, 0.1) is 18.6 Å². The van der Waals surface area contributed by atoms with Gasteiger partial charge >= 0.3 is 0 Å². The Morgan fingerprint density at radius 1 is 1.82 bits per heavy atom. The molecule has 0 bridgehead atoms. The Labute approximate surface area is 64.3 Å². The van der Waals surface area contributed by atoms with Crippen molar-refractivity contribution in [3.05, 3.63) is 0 Å². The van der Waals surface area contributed by atoms with E-state index < -0.39 is 11.6 Å². The Morgan fingerprint density at radius 3 is 2.82 bits per heavy atom. The summed E-state index contributed by atoms with van der Waals surface area (Å²) in [6.45, 7) is 1.98. The van der Waals surface area contributed by atoms with E-state index in [2.05, 4.69) is 10.6 Å². The lowest BCUT2D eigenvalue weighted by atomic mass is 10.1. The fourth-order valence-electron chi connectivity index (χ4n) is 1.13. The molecule has 5 nitrogen and oxygen atoms in total. The Balaban J connectivity index is 2.55. The third-order valence-electron chi connectivity index (χ3n) is 1.58. The molecule has 0 aromatic carbocycles. The molecule has 1 heterocycles. The van der Waals surface area contributed by atoms with Gasteiger partial charge in [0.1, 0.15) is 0 Å². The van der Waals surface area contributed by atoms with E-state index in [0.717, 1.165) is 0 Å². The van der Waals surface area contributed by atoms with Gasteiger partial charge in [-0.3, -0.25) is 14.9 Å². The summed E-state index contributed by atoms with van der Waals surface area (Å²) in [4.78, 5) is 21.2. The summed E-state index contributed by atoms with van der Waals surface area (Å²) in [5.74, 6) is -0.532. The molecular formula is C6H11N3O2. The van der Waals surface area contributed by atoms with Gasteiger partial charge in [0.25, 0.3) is 0 Å². The molecule has 0 saturated carbocycles. The zero-order valence-electron chi connectivity index (χ0n) is 6.31. The minimum absolute atomic E-state index is 0.103.